The van der Waals surface area contributed by atoms with Gasteiger partial charge in [-0.2, -0.15) is 0 Å². The topological polar surface area (TPSA) is 42.9 Å². The molecule has 19 heavy (non-hydrogen) atoms. The summed E-state index contributed by atoms with van der Waals surface area (Å²) >= 11 is 3.47. The van der Waals surface area contributed by atoms with Crippen LogP contribution in [0, 0.1) is 13.8 Å². The summed E-state index contributed by atoms with van der Waals surface area (Å²) in [6.07, 6.45) is 0.279. The van der Waals surface area contributed by atoms with Gasteiger partial charge in [-0.25, -0.2) is 9.97 Å². The molecule has 0 aliphatic heterocycles. The Bertz CT molecular complexity index is 638. The van der Waals surface area contributed by atoms with E-state index in [1.54, 1.807) is 6.92 Å². The molecule has 0 N–H and O–H groups in total. The van der Waals surface area contributed by atoms with E-state index in [9.17, 15) is 4.79 Å². The highest BCUT2D eigenvalue weighted by molar-refractivity contribution is 9.10. The number of rotatable bonds is 3. The Hall–Kier alpha value is -1.55. The zero-order valence-corrected chi connectivity index (χ0v) is 12.8. The van der Waals surface area contributed by atoms with E-state index in [0.29, 0.717) is 5.82 Å². The average Bonchev–Trinajstić information content (AvgIpc) is 2.30. The Labute approximate surface area is 121 Å². The van der Waals surface area contributed by atoms with Crippen LogP contribution in [0.4, 0.5) is 0 Å². The lowest BCUT2D eigenvalue weighted by Gasteiger charge is -2.08. The summed E-state index contributed by atoms with van der Waals surface area (Å²) in [5.74, 6) is 0.657. The van der Waals surface area contributed by atoms with Crippen molar-refractivity contribution >= 4 is 21.7 Å². The molecule has 0 atom stereocenters. The van der Waals surface area contributed by atoms with Gasteiger partial charge in [0.05, 0.1) is 12.1 Å². The van der Waals surface area contributed by atoms with Gasteiger partial charge in [-0.05, 0) is 44.5 Å². The van der Waals surface area contributed by atoms with Crippen LogP contribution in [-0.4, -0.2) is 15.8 Å². The van der Waals surface area contributed by atoms with Gasteiger partial charge in [0.1, 0.15) is 11.6 Å². The highest BCUT2D eigenvalue weighted by atomic mass is 79.9. The number of hydrogen-bond donors (Lipinski definition) is 0. The van der Waals surface area contributed by atoms with Gasteiger partial charge >= 0.3 is 0 Å². The lowest BCUT2D eigenvalue weighted by atomic mass is 10.1. The second kappa shape index (κ2) is 5.61. The number of hydrogen-bond acceptors (Lipinski definition) is 3. The SMILES string of the molecule is CC(=O)Cc1nc(C)cc(-c2cc(Br)ccc2C)n1. The lowest BCUT2D eigenvalue weighted by Crippen LogP contribution is -2.05. The van der Waals surface area contributed by atoms with Crippen LogP contribution >= 0.6 is 15.9 Å². The van der Waals surface area contributed by atoms with Gasteiger partial charge in [0.15, 0.2) is 0 Å². The van der Waals surface area contributed by atoms with Gasteiger partial charge in [-0.1, -0.05) is 22.0 Å². The minimum absolute atomic E-state index is 0.0718. The van der Waals surface area contributed by atoms with E-state index < -0.39 is 0 Å². The number of halogens is 1. The maximum atomic E-state index is 11.2. The molecule has 0 fully saturated rings. The molecule has 0 aliphatic carbocycles. The monoisotopic (exact) mass is 318 g/mol. The van der Waals surface area contributed by atoms with E-state index >= 15 is 0 Å². The summed E-state index contributed by atoms with van der Waals surface area (Å²) in [6.45, 7) is 5.52. The van der Waals surface area contributed by atoms with Crippen LogP contribution in [0.1, 0.15) is 24.0 Å². The first kappa shape index (κ1) is 13.9. The first-order valence-electron chi connectivity index (χ1n) is 6.06. The lowest BCUT2D eigenvalue weighted by molar-refractivity contribution is -0.116. The summed E-state index contributed by atoms with van der Waals surface area (Å²) < 4.78 is 1.01. The Morgan fingerprint density at radius 2 is 1.95 bits per heavy atom. The zero-order valence-electron chi connectivity index (χ0n) is 11.2. The van der Waals surface area contributed by atoms with Crippen LogP contribution in [0.2, 0.25) is 0 Å². The largest absolute Gasteiger partial charge is 0.300 e. The molecule has 98 valence electrons. The fraction of sp³-hybridized carbons (Fsp3) is 0.267. The predicted molar refractivity (Wildman–Crippen MR) is 79.0 cm³/mol. The van der Waals surface area contributed by atoms with Gasteiger partial charge in [0, 0.05) is 15.7 Å². The van der Waals surface area contributed by atoms with Crippen LogP contribution in [0.25, 0.3) is 11.3 Å². The van der Waals surface area contributed by atoms with Crippen molar-refractivity contribution in [2.75, 3.05) is 0 Å². The minimum Gasteiger partial charge on any atom is -0.300 e. The number of aryl methyl sites for hydroxylation is 2. The fourth-order valence-electron chi connectivity index (χ4n) is 1.94. The smallest absolute Gasteiger partial charge is 0.137 e. The summed E-state index contributed by atoms with van der Waals surface area (Å²) in [7, 11) is 0. The van der Waals surface area contributed by atoms with Crippen molar-refractivity contribution in [3.05, 3.63) is 45.8 Å². The van der Waals surface area contributed by atoms with E-state index in [2.05, 4.69) is 25.9 Å². The van der Waals surface area contributed by atoms with Gasteiger partial charge in [0.2, 0.25) is 0 Å². The molecule has 0 saturated carbocycles. The number of benzene rings is 1. The first-order chi connectivity index (χ1) is 8.95. The molecule has 2 rings (SSSR count). The van der Waals surface area contributed by atoms with Gasteiger partial charge < -0.3 is 0 Å². The average molecular weight is 319 g/mol. The normalized spacial score (nSPS) is 10.5. The highest BCUT2D eigenvalue weighted by Gasteiger charge is 2.09. The zero-order chi connectivity index (χ0) is 14.0. The molecule has 0 spiro atoms. The summed E-state index contributed by atoms with van der Waals surface area (Å²) in [4.78, 5) is 20.0. The number of ketones is 1. The Morgan fingerprint density at radius 1 is 1.21 bits per heavy atom. The van der Waals surface area contributed by atoms with E-state index in [-0.39, 0.29) is 12.2 Å². The van der Waals surface area contributed by atoms with Crippen LogP contribution in [0.15, 0.2) is 28.7 Å². The van der Waals surface area contributed by atoms with Gasteiger partial charge in [0.25, 0.3) is 0 Å². The fourth-order valence-corrected chi connectivity index (χ4v) is 2.30. The Kier molecular flexibility index (Phi) is 4.10. The summed E-state index contributed by atoms with van der Waals surface area (Å²) in [5.41, 5.74) is 3.95. The van der Waals surface area contributed by atoms with Crippen molar-refractivity contribution in [3.63, 3.8) is 0 Å². The minimum atomic E-state index is 0.0718. The predicted octanol–water partition coefficient (Wildman–Crippen LogP) is 3.65. The van der Waals surface area contributed by atoms with E-state index in [1.165, 1.54) is 0 Å². The van der Waals surface area contributed by atoms with Crippen LogP contribution in [0.5, 0.6) is 0 Å². The molecule has 0 amide bonds. The van der Waals surface area contributed by atoms with E-state index in [4.69, 9.17) is 0 Å². The van der Waals surface area contributed by atoms with Crippen molar-refractivity contribution in [3.8, 4) is 11.3 Å². The molecule has 4 heteroatoms. The van der Waals surface area contributed by atoms with E-state index in [0.717, 1.165) is 27.0 Å². The van der Waals surface area contributed by atoms with Crippen molar-refractivity contribution < 1.29 is 4.79 Å². The third-order valence-corrected chi connectivity index (χ3v) is 3.28. The molecule has 0 aliphatic rings. The highest BCUT2D eigenvalue weighted by Crippen LogP contribution is 2.25. The van der Waals surface area contributed by atoms with Gasteiger partial charge in [-0.15, -0.1) is 0 Å². The number of Topliss-reactive ketones (excluding diaryl/α,β-unsaturated/α-hetero) is 1. The molecule has 0 bridgehead atoms. The van der Waals surface area contributed by atoms with Crippen molar-refractivity contribution in [1.82, 2.24) is 9.97 Å². The van der Waals surface area contributed by atoms with Crippen molar-refractivity contribution in [2.45, 2.75) is 27.2 Å². The second-order valence-electron chi connectivity index (χ2n) is 4.65. The molecular weight excluding hydrogens is 304 g/mol. The molecule has 1 aromatic carbocycles. The molecule has 1 heterocycles. The molecule has 0 unspecified atom stereocenters. The van der Waals surface area contributed by atoms with Gasteiger partial charge in [-0.3, -0.25) is 4.79 Å². The third kappa shape index (κ3) is 3.47. The Balaban J connectivity index is 2.52. The molecule has 3 nitrogen and oxygen atoms in total. The maximum absolute atomic E-state index is 11.2. The summed E-state index contributed by atoms with van der Waals surface area (Å²) in [5, 5.41) is 0. The van der Waals surface area contributed by atoms with Crippen LogP contribution < -0.4 is 0 Å². The Morgan fingerprint density at radius 3 is 2.63 bits per heavy atom. The maximum Gasteiger partial charge on any atom is 0.137 e. The third-order valence-electron chi connectivity index (χ3n) is 2.78. The van der Waals surface area contributed by atoms with Crippen LogP contribution in [0.3, 0.4) is 0 Å². The number of carbonyl (C=O) groups is 1. The molecule has 0 saturated heterocycles. The number of nitrogens with zero attached hydrogens (tertiary/aromatic N) is 2. The van der Waals surface area contributed by atoms with Crippen molar-refractivity contribution in [1.29, 1.82) is 0 Å². The standard InChI is InChI=1S/C15H15BrN2O/c1-9-4-5-12(16)8-13(9)14-6-10(2)17-15(18-14)7-11(3)19/h4-6,8H,7H2,1-3H3. The van der Waals surface area contributed by atoms with Crippen LogP contribution in [-0.2, 0) is 11.2 Å². The number of carbonyl (C=O) groups excluding carboxylic acids is 1. The van der Waals surface area contributed by atoms with Crippen molar-refractivity contribution in [2.24, 2.45) is 0 Å². The molecule has 2 aromatic rings. The quantitative estimate of drug-likeness (QED) is 0.867. The molecule has 1 aromatic heterocycles. The summed E-state index contributed by atoms with van der Waals surface area (Å²) in [6, 6.07) is 8.03. The molecule has 0 radical (unpaired) electrons. The number of aromatic nitrogens is 2. The first-order valence-corrected chi connectivity index (χ1v) is 6.85. The molecular formula is C15H15BrN2O. The van der Waals surface area contributed by atoms with E-state index in [1.807, 2.05) is 38.1 Å². The second-order valence-corrected chi connectivity index (χ2v) is 5.56.